The number of methoxy groups -OCH3 is 1. The number of halogens is 1. The number of benzene rings is 2. The van der Waals surface area contributed by atoms with Gasteiger partial charge in [0.05, 0.1) is 12.2 Å². The highest BCUT2D eigenvalue weighted by Gasteiger charge is 2.16. The van der Waals surface area contributed by atoms with Crippen LogP contribution in [0.2, 0.25) is 0 Å². The molecule has 0 saturated carbocycles. The van der Waals surface area contributed by atoms with Crippen molar-refractivity contribution in [3.63, 3.8) is 0 Å². The summed E-state index contributed by atoms with van der Waals surface area (Å²) in [4.78, 5) is 15.4. The number of aromatic carboxylic acids is 1. The van der Waals surface area contributed by atoms with Crippen LogP contribution >= 0.6 is 11.3 Å². The van der Waals surface area contributed by atoms with E-state index in [1.807, 2.05) is 18.2 Å². The lowest BCUT2D eigenvalue weighted by molar-refractivity contribution is 0.0692. The lowest BCUT2D eigenvalue weighted by atomic mass is 9.97. The van der Waals surface area contributed by atoms with E-state index in [-0.39, 0.29) is 12.0 Å². The Morgan fingerprint density at radius 2 is 2.03 bits per heavy atom. The molecule has 0 radical (unpaired) electrons. The lowest BCUT2D eigenvalue weighted by Crippen LogP contribution is -2.01. The smallest absolute Gasteiger partial charge is 0.338 e. The second-order valence-electron chi connectivity index (χ2n) is 7.09. The molecule has 0 aliphatic rings. The number of carboxylic acid groups (broad SMARTS) is 1. The quantitative estimate of drug-likeness (QED) is 0.419. The molecule has 0 spiro atoms. The highest BCUT2D eigenvalue weighted by molar-refractivity contribution is 7.08. The molecule has 2 heterocycles. The Kier molecular flexibility index (Phi) is 5.92. The van der Waals surface area contributed by atoms with Crippen molar-refractivity contribution in [1.29, 1.82) is 0 Å². The average Bonchev–Trinajstić information content (AvgIpc) is 3.37. The van der Waals surface area contributed by atoms with Crippen LogP contribution in [0.5, 0.6) is 0 Å². The first-order valence-corrected chi connectivity index (χ1v) is 10.4. The van der Waals surface area contributed by atoms with E-state index in [9.17, 15) is 9.18 Å². The second-order valence-corrected chi connectivity index (χ2v) is 7.83. The van der Waals surface area contributed by atoms with Crippen molar-refractivity contribution < 1.29 is 23.6 Å². The number of hydrogen-bond acceptors (Lipinski definition) is 6. The number of thiophene rings is 1. The summed E-state index contributed by atoms with van der Waals surface area (Å²) in [6.45, 7) is 2.51. The van der Waals surface area contributed by atoms with Gasteiger partial charge in [0.25, 0.3) is 5.89 Å². The van der Waals surface area contributed by atoms with Crippen LogP contribution in [0, 0.1) is 12.7 Å². The fourth-order valence-corrected chi connectivity index (χ4v) is 4.22. The molecule has 0 fully saturated rings. The summed E-state index contributed by atoms with van der Waals surface area (Å²) in [6.07, 6.45) is 0.220. The SMILES string of the molecule is COCc1cc(-c2nc(Cc3ccc(C(=O)O)c(F)c3)no2)ccc1-c1cscc1C. The molecular weight excluding hydrogens is 419 g/mol. The molecule has 0 aliphatic carbocycles. The monoisotopic (exact) mass is 438 g/mol. The van der Waals surface area contributed by atoms with E-state index in [1.165, 1.54) is 29.3 Å². The maximum Gasteiger partial charge on any atom is 0.338 e. The Hall–Kier alpha value is -3.36. The highest BCUT2D eigenvalue weighted by atomic mass is 32.1. The summed E-state index contributed by atoms with van der Waals surface area (Å²) in [6, 6.07) is 9.85. The number of rotatable bonds is 7. The summed E-state index contributed by atoms with van der Waals surface area (Å²) in [5.74, 6) is -1.37. The molecule has 2 aromatic heterocycles. The standard InChI is InChI=1S/C23H19FN2O4S/c1-13-11-31-12-19(13)17-6-4-15(9-16(17)10-29-2)22-25-21(26-30-22)8-14-3-5-18(23(27)28)20(24)7-14/h3-7,9,11-12H,8,10H2,1-2H3,(H,27,28). The first-order chi connectivity index (χ1) is 15.0. The first-order valence-electron chi connectivity index (χ1n) is 9.46. The third-order valence-electron chi connectivity index (χ3n) is 4.89. The van der Waals surface area contributed by atoms with Gasteiger partial charge in [-0.2, -0.15) is 16.3 Å². The van der Waals surface area contributed by atoms with Gasteiger partial charge in [0.1, 0.15) is 5.82 Å². The molecule has 8 heteroatoms. The average molecular weight is 438 g/mol. The van der Waals surface area contributed by atoms with E-state index >= 15 is 0 Å². The molecule has 31 heavy (non-hydrogen) atoms. The van der Waals surface area contributed by atoms with Crippen LogP contribution in [0.25, 0.3) is 22.6 Å². The maximum atomic E-state index is 13.9. The summed E-state index contributed by atoms with van der Waals surface area (Å²) in [7, 11) is 1.65. The molecule has 0 saturated heterocycles. The lowest BCUT2D eigenvalue weighted by Gasteiger charge is -2.10. The number of aryl methyl sites for hydroxylation is 1. The molecular formula is C23H19FN2O4S. The van der Waals surface area contributed by atoms with E-state index in [0.29, 0.717) is 23.9 Å². The van der Waals surface area contributed by atoms with Crippen LogP contribution in [0.1, 0.15) is 32.9 Å². The molecule has 0 unspecified atom stereocenters. The van der Waals surface area contributed by atoms with E-state index < -0.39 is 11.8 Å². The van der Waals surface area contributed by atoms with Gasteiger partial charge in [-0.25, -0.2) is 9.18 Å². The van der Waals surface area contributed by atoms with Crippen molar-refractivity contribution in [3.05, 3.63) is 81.1 Å². The van der Waals surface area contributed by atoms with E-state index in [1.54, 1.807) is 18.4 Å². The van der Waals surface area contributed by atoms with Crippen molar-refractivity contribution in [2.24, 2.45) is 0 Å². The van der Waals surface area contributed by atoms with Crippen LogP contribution in [0.3, 0.4) is 0 Å². The molecule has 4 rings (SSSR count). The van der Waals surface area contributed by atoms with E-state index in [2.05, 4.69) is 27.8 Å². The number of aromatic nitrogens is 2. The normalized spacial score (nSPS) is 11.1. The second kappa shape index (κ2) is 8.79. The molecule has 0 aliphatic heterocycles. The van der Waals surface area contributed by atoms with Gasteiger partial charge in [-0.05, 0) is 69.8 Å². The van der Waals surface area contributed by atoms with E-state index in [0.717, 1.165) is 16.7 Å². The molecule has 1 N–H and O–H groups in total. The molecule has 158 valence electrons. The maximum absolute atomic E-state index is 13.9. The Bertz CT molecular complexity index is 1250. The topological polar surface area (TPSA) is 85.5 Å². The number of nitrogens with zero attached hydrogens (tertiary/aromatic N) is 2. The van der Waals surface area contributed by atoms with Crippen LogP contribution in [-0.2, 0) is 17.8 Å². The number of hydrogen-bond donors (Lipinski definition) is 1. The Morgan fingerprint density at radius 3 is 2.71 bits per heavy atom. The van der Waals surface area contributed by atoms with Crippen molar-refractivity contribution in [3.8, 4) is 22.6 Å². The van der Waals surface area contributed by atoms with Crippen LogP contribution in [0.4, 0.5) is 4.39 Å². The number of ether oxygens (including phenoxy) is 1. The van der Waals surface area contributed by atoms with Crippen LogP contribution in [0.15, 0.2) is 51.7 Å². The minimum absolute atomic E-state index is 0.220. The zero-order chi connectivity index (χ0) is 22.0. The minimum atomic E-state index is -1.31. The van der Waals surface area contributed by atoms with Crippen LogP contribution < -0.4 is 0 Å². The molecule has 0 bridgehead atoms. The largest absolute Gasteiger partial charge is 0.478 e. The van der Waals surface area contributed by atoms with Crippen molar-refractivity contribution in [1.82, 2.24) is 10.1 Å². The minimum Gasteiger partial charge on any atom is -0.478 e. The third kappa shape index (κ3) is 4.40. The van der Waals surface area contributed by atoms with Gasteiger partial charge < -0.3 is 14.4 Å². The number of carboxylic acids is 1. The van der Waals surface area contributed by atoms with Crippen LogP contribution in [-0.4, -0.2) is 28.3 Å². The molecule has 4 aromatic rings. The summed E-state index contributed by atoms with van der Waals surface area (Å²) >= 11 is 1.66. The van der Waals surface area contributed by atoms with Gasteiger partial charge >= 0.3 is 5.97 Å². The molecule has 0 atom stereocenters. The van der Waals surface area contributed by atoms with E-state index in [4.69, 9.17) is 14.4 Å². The van der Waals surface area contributed by atoms with Gasteiger partial charge in [-0.15, -0.1) is 0 Å². The Balaban J connectivity index is 1.60. The molecule has 6 nitrogen and oxygen atoms in total. The van der Waals surface area contributed by atoms with Gasteiger partial charge in [0.15, 0.2) is 5.82 Å². The van der Waals surface area contributed by atoms with Crippen molar-refractivity contribution >= 4 is 17.3 Å². The van der Waals surface area contributed by atoms with Gasteiger partial charge in [0, 0.05) is 19.1 Å². The molecule has 0 amide bonds. The Morgan fingerprint density at radius 1 is 1.19 bits per heavy atom. The fraction of sp³-hybridized carbons (Fsp3) is 0.174. The predicted octanol–water partition coefficient (Wildman–Crippen LogP) is 5.35. The third-order valence-corrected chi connectivity index (χ3v) is 5.75. The summed E-state index contributed by atoms with van der Waals surface area (Å²) < 4.78 is 24.7. The highest BCUT2D eigenvalue weighted by Crippen LogP contribution is 2.33. The summed E-state index contributed by atoms with van der Waals surface area (Å²) in [5, 5.41) is 17.1. The zero-order valence-corrected chi connectivity index (χ0v) is 17.7. The van der Waals surface area contributed by atoms with Crippen molar-refractivity contribution in [2.45, 2.75) is 20.0 Å². The van der Waals surface area contributed by atoms with Gasteiger partial charge in [-0.1, -0.05) is 17.3 Å². The van der Waals surface area contributed by atoms with Crippen molar-refractivity contribution in [2.75, 3.05) is 7.11 Å². The first kappa shape index (κ1) is 20.9. The molecule has 2 aromatic carbocycles. The van der Waals surface area contributed by atoms with Gasteiger partial charge in [-0.3, -0.25) is 0 Å². The summed E-state index contributed by atoms with van der Waals surface area (Å²) in [5.41, 5.74) is 5.42. The zero-order valence-electron chi connectivity index (χ0n) is 16.9. The fourth-order valence-electron chi connectivity index (χ4n) is 3.37. The number of carbonyl (C=O) groups is 1. The van der Waals surface area contributed by atoms with Gasteiger partial charge in [0.2, 0.25) is 0 Å². The Labute approximate surface area is 181 Å². The predicted molar refractivity (Wildman–Crippen MR) is 115 cm³/mol.